The molecule has 106 valence electrons. The molecule has 1 unspecified atom stereocenters. The number of β-amino-alcohol motifs (C(OH)–C–C–N with tert-alkyl or cyclic N) is 1. The second-order valence-corrected chi connectivity index (χ2v) is 5.63. The van der Waals surface area contributed by atoms with Crippen molar-refractivity contribution in [3.05, 3.63) is 29.6 Å². The van der Waals surface area contributed by atoms with Crippen LogP contribution in [0.1, 0.15) is 32.3 Å². The lowest BCUT2D eigenvalue weighted by Gasteiger charge is -2.21. The number of benzene rings is 1. The number of rotatable bonds is 5. The molecule has 4 heteroatoms. The van der Waals surface area contributed by atoms with E-state index in [0.29, 0.717) is 31.7 Å². The van der Waals surface area contributed by atoms with E-state index in [1.807, 2.05) is 17.0 Å². The largest absolute Gasteiger partial charge is 0.388 e. The summed E-state index contributed by atoms with van der Waals surface area (Å²) in [7, 11) is 0. The molecule has 1 fully saturated rings. The third-order valence-electron chi connectivity index (χ3n) is 3.56. The van der Waals surface area contributed by atoms with Crippen LogP contribution in [0, 0.1) is 5.82 Å². The first kappa shape index (κ1) is 14.3. The lowest BCUT2D eigenvalue weighted by molar-refractivity contribution is 0.0839. The maximum Gasteiger partial charge on any atom is 0.146 e. The predicted molar refractivity (Wildman–Crippen MR) is 75.9 cm³/mol. The van der Waals surface area contributed by atoms with Crippen molar-refractivity contribution in [1.82, 2.24) is 5.32 Å². The third kappa shape index (κ3) is 3.67. The van der Waals surface area contributed by atoms with Gasteiger partial charge >= 0.3 is 0 Å². The van der Waals surface area contributed by atoms with E-state index in [2.05, 4.69) is 12.2 Å². The number of nitrogens with zero attached hydrogens (tertiary/aromatic N) is 1. The number of hydrogen-bond acceptors (Lipinski definition) is 3. The van der Waals surface area contributed by atoms with E-state index < -0.39 is 5.60 Å². The Morgan fingerprint density at radius 3 is 2.84 bits per heavy atom. The maximum atomic E-state index is 14.1. The van der Waals surface area contributed by atoms with Crippen molar-refractivity contribution in [2.75, 3.05) is 24.5 Å². The van der Waals surface area contributed by atoms with Crippen molar-refractivity contribution >= 4 is 5.69 Å². The first-order chi connectivity index (χ1) is 9.02. The van der Waals surface area contributed by atoms with Gasteiger partial charge in [0.15, 0.2) is 0 Å². The zero-order valence-corrected chi connectivity index (χ0v) is 11.7. The first-order valence-corrected chi connectivity index (χ1v) is 6.98. The lowest BCUT2D eigenvalue weighted by atomic mass is 10.1. The summed E-state index contributed by atoms with van der Waals surface area (Å²) in [6.07, 6.45) is 1.76. The van der Waals surface area contributed by atoms with Crippen LogP contribution in [-0.4, -0.2) is 30.3 Å². The number of anilines is 1. The van der Waals surface area contributed by atoms with Gasteiger partial charge in [-0.15, -0.1) is 0 Å². The summed E-state index contributed by atoms with van der Waals surface area (Å²) >= 11 is 0. The van der Waals surface area contributed by atoms with Gasteiger partial charge in [0.05, 0.1) is 11.3 Å². The van der Waals surface area contributed by atoms with Crippen molar-refractivity contribution < 1.29 is 9.50 Å². The molecule has 1 heterocycles. The summed E-state index contributed by atoms with van der Waals surface area (Å²) in [5.74, 6) is -0.200. The highest BCUT2D eigenvalue weighted by molar-refractivity contribution is 5.50. The van der Waals surface area contributed by atoms with Gasteiger partial charge in [-0.1, -0.05) is 13.0 Å². The highest BCUT2D eigenvalue weighted by atomic mass is 19.1. The molecule has 0 aliphatic carbocycles. The molecule has 3 nitrogen and oxygen atoms in total. The fraction of sp³-hybridized carbons (Fsp3) is 0.600. The first-order valence-electron chi connectivity index (χ1n) is 6.98. The SMILES string of the molecule is CCCNCc1ccc(N2CCC(C)(O)C2)c(F)c1. The number of halogens is 1. The molecule has 1 aromatic carbocycles. The Morgan fingerprint density at radius 2 is 2.26 bits per heavy atom. The Morgan fingerprint density at radius 1 is 1.47 bits per heavy atom. The molecule has 1 saturated heterocycles. The zero-order chi connectivity index (χ0) is 13.9. The molecule has 0 saturated carbocycles. The smallest absolute Gasteiger partial charge is 0.146 e. The second kappa shape index (κ2) is 5.88. The highest BCUT2D eigenvalue weighted by Gasteiger charge is 2.32. The average molecular weight is 266 g/mol. The fourth-order valence-corrected chi connectivity index (χ4v) is 2.48. The van der Waals surface area contributed by atoms with Crippen LogP contribution >= 0.6 is 0 Å². The van der Waals surface area contributed by atoms with Crippen molar-refractivity contribution in [1.29, 1.82) is 0 Å². The zero-order valence-electron chi connectivity index (χ0n) is 11.7. The molecule has 19 heavy (non-hydrogen) atoms. The summed E-state index contributed by atoms with van der Waals surface area (Å²) < 4.78 is 14.1. The minimum Gasteiger partial charge on any atom is -0.388 e. The molecule has 0 radical (unpaired) electrons. The van der Waals surface area contributed by atoms with E-state index in [9.17, 15) is 9.50 Å². The van der Waals surface area contributed by atoms with Crippen LogP contribution in [0.3, 0.4) is 0 Å². The third-order valence-corrected chi connectivity index (χ3v) is 3.56. The molecule has 2 rings (SSSR count). The van der Waals surface area contributed by atoms with Crippen LogP contribution in [0.15, 0.2) is 18.2 Å². The van der Waals surface area contributed by atoms with Crippen molar-refractivity contribution in [2.45, 2.75) is 38.8 Å². The Bertz CT molecular complexity index is 434. The van der Waals surface area contributed by atoms with Gasteiger partial charge in [-0.3, -0.25) is 0 Å². The summed E-state index contributed by atoms with van der Waals surface area (Å²) in [5, 5.41) is 13.2. The Kier molecular flexibility index (Phi) is 4.42. The number of aliphatic hydroxyl groups is 1. The van der Waals surface area contributed by atoms with E-state index in [-0.39, 0.29) is 5.82 Å². The molecule has 0 spiro atoms. The van der Waals surface area contributed by atoms with Gasteiger partial charge in [-0.2, -0.15) is 0 Å². The highest BCUT2D eigenvalue weighted by Crippen LogP contribution is 2.28. The van der Waals surface area contributed by atoms with Crippen LogP contribution in [0.5, 0.6) is 0 Å². The van der Waals surface area contributed by atoms with Gasteiger partial charge in [0.1, 0.15) is 5.82 Å². The Balaban J connectivity index is 2.03. The molecule has 0 aromatic heterocycles. The number of nitrogens with one attached hydrogen (secondary N) is 1. The minimum absolute atomic E-state index is 0.200. The van der Waals surface area contributed by atoms with Gasteiger partial charge in [-0.25, -0.2) is 4.39 Å². The van der Waals surface area contributed by atoms with Crippen molar-refractivity contribution in [3.8, 4) is 0 Å². The minimum atomic E-state index is -0.701. The van der Waals surface area contributed by atoms with E-state index in [1.54, 1.807) is 13.0 Å². The molecule has 0 bridgehead atoms. The Hall–Kier alpha value is -1.13. The Labute approximate surface area is 114 Å². The van der Waals surface area contributed by atoms with Crippen LogP contribution in [0.4, 0.5) is 10.1 Å². The van der Waals surface area contributed by atoms with Crippen LogP contribution in [0.2, 0.25) is 0 Å². The lowest BCUT2D eigenvalue weighted by Crippen LogP contribution is -2.30. The molecule has 1 aliphatic heterocycles. The summed E-state index contributed by atoms with van der Waals surface area (Å²) in [6, 6.07) is 5.36. The average Bonchev–Trinajstić information content (AvgIpc) is 2.70. The second-order valence-electron chi connectivity index (χ2n) is 5.63. The molecular weight excluding hydrogens is 243 g/mol. The number of hydrogen-bond donors (Lipinski definition) is 2. The maximum absolute atomic E-state index is 14.1. The van der Waals surface area contributed by atoms with Gasteiger partial charge in [-0.05, 0) is 44.0 Å². The van der Waals surface area contributed by atoms with Crippen LogP contribution in [-0.2, 0) is 6.54 Å². The fourth-order valence-electron chi connectivity index (χ4n) is 2.48. The topological polar surface area (TPSA) is 35.5 Å². The summed E-state index contributed by atoms with van der Waals surface area (Å²) in [5.41, 5.74) is 0.853. The molecule has 1 aromatic rings. The van der Waals surface area contributed by atoms with Gasteiger partial charge in [0.25, 0.3) is 0 Å². The van der Waals surface area contributed by atoms with E-state index in [4.69, 9.17) is 0 Å². The summed E-state index contributed by atoms with van der Waals surface area (Å²) in [4.78, 5) is 1.92. The van der Waals surface area contributed by atoms with Gasteiger partial charge in [0.2, 0.25) is 0 Å². The van der Waals surface area contributed by atoms with E-state index >= 15 is 0 Å². The normalized spacial score (nSPS) is 23.1. The van der Waals surface area contributed by atoms with Crippen LogP contribution < -0.4 is 10.2 Å². The van der Waals surface area contributed by atoms with Crippen LogP contribution in [0.25, 0.3) is 0 Å². The standard InChI is InChI=1S/C15H23FN2O/c1-3-7-17-10-12-4-5-14(13(16)9-12)18-8-6-15(2,19)11-18/h4-5,9,17,19H,3,6-8,10-11H2,1-2H3. The molecule has 1 atom stereocenters. The molecule has 1 aliphatic rings. The summed E-state index contributed by atoms with van der Waals surface area (Å²) in [6.45, 7) is 6.75. The molecule has 0 amide bonds. The van der Waals surface area contributed by atoms with Gasteiger partial charge in [0, 0.05) is 19.6 Å². The molecule has 2 N–H and O–H groups in total. The monoisotopic (exact) mass is 266 g/mol. The van der Waals surface area contributed by atoms with Gasteiger partial charge < -0.3 is 15.3 Å². The van der Waals surface area contributed by atoms with E-state index in [0.717, 1.165) is 18.5 Å². The molecular formula is C15H23FN2O. The predicted octanol–water partition coefficient (Wildman–Crippen LogP) is 2.29. The van der Waals surface area contributed by atoms with Crippen molar-refractivity contribution in [2.24, 2.45) is 0 Å². The van der Waals surface area contributed by atoms with Crippen molar-refractivity contribution in [3.63, 3.8) is 0 Å². The quantitative estimate of drug-likeness (QED) is 0.803. The van der Waals surface area contributed by atoms with E-state index in [1.165, 1.54) is 0 Å².